The number of carbonyl (C=O) groups is 4. The summed E-state index contributed by atoms with van der Waals surface area (Å²) in [5.74, 6) is -5.08. The van der Waals surface area contributed by atoms with Gasteiger partial charge in [-0.05, 0) is 44.1 Å². The Balaban J connectivity index is 2.09. The van der Waals surface area contributed by atoms with Gasteiger partial charge in [-0.25, -0.2) is 4.79 Å². The predicted molar refractivity (Wildman–Crippen MR) is 136 cm³/mol. The second-order valence-electron chi connectivity index (χ2n) is 11.9. The van der Waals surface area contributed by atoms with E-state index in [1.165, 1.54) is 32.9 Å². The number of carbonyl (C=O) groups excluding carboxylic acids is 4. The molecule has 0 aromatic heterocycles. The Morgan fingerprint density at radius 2 is 1.59 bits per heavy atom. The van der Waals surface area contributed by atoms with Crippen LogP contribution >= 0.6 is 0 Å². The Labute approximate surface area is 226 Å². The molecule has 4 N–H and O–H groups in total. The third-order valence-corrected chi connectivity index (χ3v) is 9.47. The predicted octanol–water partition coefficient (Wildman–Crippen LogP) is 1.27. The van der Waals surface area contributed by atoms with Gasteiger partial charge < -0.3 is 29.9 Å². The summed E-state index contributed by atoms with van der Waals surface area (Å²) in [6.45, 7) is 8.27. The van der Waals surface area contributed by atoms with E-state index < -0.39 is 88.7 Å². The van der Waals surface area contributed by atoms with E-state index in [1.807, 2.05) is 0 Å². The minimum Gasteiger partial charge on any atom is -0.455 e. The van der Waals surface area contributed by atoms with Crippen LogP contribution in [0.1, 0.15) is 64.7 Å². The van der Waals surface area contributed by atoms with Crippen molar-refractivity contribution in [3.05, 3.63) is 47.0 Å². The van der Waals surface area contributed by atoms with Crippen LogP contribution in [-0.4, -0.2) is 79.5 Å². The minimum absolute atomic E-state index is 0.0347. The summed E-state index contributed by atoms with van der Waals surface area (Å²) < 4.78 is 11.6. The summed E-state index contributed by atoms with van der Waals surface area (Å²) in [6.07, 6.45) is -7.64. The highest BCUT2D eigenvalue weighted by atomic mass is 16.6. The number of rotatable bonds is 3. The lowest BCUT2D eigenvalue weighted by atomic mass is 9.46. The lowest BCUT2D eigenvalue weighted by Gasteiger charge is -2.62. The van der Waals surface area contributed by atoms with Crippen LogP contribution in [0.4, 0.5) is 0 Å². The van der Waals surface area contributed by atoms with Crippen molar-refractivity contribution in [2.24, 2.45) is 16.7 Å². The molecule has 10 nitrogen and oxygen atoms in total. The zero-order valence-corrected chi connectivity index (χ0v) is 22.9. The molecule has 8 atom stereocenters. The van der Waals surface area contributed by atoms with Crippen molar-refractivity contribution < 1.29 is 49.1 Å². The molecule has 212 valence electrons. The zero-order chi connectivity index (χ0) is 29.3. The average Bonchev–Trinajstić information content (AvgIpc) is 2.85. The molecule has 10 heteroatoms. The Hall–Kier alpha value is -2.92. The molecule has 3 aliphatic carbocycles. The molecule has 0 saturated heterocycles. The fourth-order valence-electron chi connectivity index (χ4n) is 7.15. The van der Waals surface area contributed by atoms with Crippen LogP contribution in [0.2, 0.25) is 0 Å². The van der Waals surface area contributed by atoms with Gasteiger partial charge in [-0.3, -0.25) is 14.4 Å². The maximum Gasteiger partial charge on any atom is 0.338 e. The largest absolute Gasteiger partial charge is 0.455 e. The van der Waals surface area contributed by atoms with Crippen LogP contribution in [0.15, 0.2) is 41.5 Å². The molecule has 0 amide bonds. The highest BCUT2D eigenvalue weighted by Gasteiger charge is 2.74. The maximum absolute atomic E-state index is 14.2. The van der Waals surface area contributed by atoms with E-state index in [4.69, 9.17) is 9.47 Å². The molecular formula is C29H36O10. The summed E-state index contributed by atoms with van der Waals surface area (Å²) >= 11 is 0. The molecule has 39 heavy (non-hydrogen) atoms. The van der Waals surface area contributed by atoms with E-state index in [0.29, 0.717) is 0 Å². The van der Waals surface area contributed by atoms with Crippen LogP contribution in [0.5, 0.6) is 0 Å². The Morgan fingerprint density at radius 1 is 1.00 bits per heavy atom. The lowest BCUT2D eigenvalue weighted by molar-refractivity contribution is -0.251. The first kappa shape index (κ1) is 29.1. The Kier molecular flexibility index (Phi) is 6.96. The van der Waals surface area contributed by atoms with Gasteiger partial charge in [-0.1, -0.05) is 32.0 Å². The van der Waals surface area contributed by atoms with Crippen LogP contribution in [0, 0.1) is 16.7 Å². The number of fused-ring (bicyclic) bond motifs is 3. The highest BCUT2D eigenvalue weighted by Crippen LogP contribution is 2.61. The van der Waals surface area contributed by atoms with Gasteiger partial charge in [0.15, 0.2) is 17.2 Å². The van der Waals surface area contributed by atoms with Gasteiger partial charge in [0.2, 0.25) is 0 Å². The number of ether oxygens (including phenoxy) is 2. The van der Waals surface area contributed by atoms with E-state index in [0.717, 1.165) is 6.92 Å². The molecule has 0 aliphatic heterocycles. The summed E-state index contributed by atoms with van der Waals surface area (Å²) in [7, 11) is 0. The molecule has 0 spiro atoms. The summed E-state index contributed by atoms with van der Waals surface area (Å²) in [5, 5.41) is 46.3. The first-order chi connectivity index (χ1) is 17.9. The lowest BCUT2D eigenvalue weighted by Crippen LogP contribution is -2.76. The molecular weight excluding hydrogens is 508 g/mol. The van der Waals surface area contributed by atoms with Gasteiger partial charge >= 0.3 is 11.9 Å². The number of aliphatic hydroxyl groups is 4. The monoisotopic (exact) mass is 544 g/mol. The van der Waals surface area contributed by atoms with Crippen LogP contribution in [0.25, 0.3) is 0 Å². The van der Waals surface area contributed by atoms with Crippen molar-refractivity contribution in [2.45, 2.75) is 90.0 Å². The fourth-order valence-corrected chi connectivity index (χ4v) is 7.15. The standard InChI is InChI=1S/C29H36O10/c1-14-17(31)13-29(37)24(38-25(36)16-10-8-7-9-11-16)22-27(5,23(35)21(34)20(14)26(29,3)4)18(32)12-19(33)28(22,6)39-15(2)30/h7-11,17-18,21-22,24,31-32,34,37H,12-13H2,1-6H3/t17-,18-,21+,22-,24-,27+,28-,29+/m0/s1. The molecule has 0 unspecified atom stereocenters. The zero-order valence-electron chi connectivity index (χ0n) is 22.9. The van der Waals surface area contributed by atoms with Crippen molar-refractivity contribution in [1.82, 2.24) is 0 Å². The molecule has 0 radical (unpaired) electrons. The van der Waals surface area contributed by atoms with Crippen LogP contribution in [0.3, 0.4) is 0 Å². The van der Waals surface area contributed by atoms with E-state index >= 15 is 0 Å². The number of hydrogen-bond donors (Lipinski definition) is 4. The highest BCUT2D eigenvalue weighted by molar-refractivity contribution is 5.99. The molecule has 3 aliphatic rings. The molecule has 1 aromatic carbocycles. The number of aliphatic hydroxyl groups excluding tert-OH is 3. The quantitative estimate of drug-likeness (QED) is 0.321. The molecule has 2 saturated carbocycles. The van der Waals surface area contributed by atoms with E-state index in [-0.39, 0.29) is 16.7 Å². The molecule has 2 fully saturated rings. The number of ketones is 2. The van der Waals surface area contributed by atoms with Gasteiger partial charge in [0.1, 0.15) is 17.8 Å². The normalized spacial score (nSPS) is 39.8. The van der Waals surface area contributed by atoms with Gasteiger partial charge in [-0.2, -0.15) is 0 Å². The summed E-state index contributed by atoms with van der Waals surface area (Å²) in [5.41, 5.74) is -7.46. The number of benzene rings is 1. The van der Waals surface area contributed by atoms with Crippen LogP contribution in [-0.2, 0) is 23.9 Å². The smallest absolute Gasteiger partial charge is 0.338 e. The fraction of sp³-hybridized carbons (Fsp3) is 0.586. The van der Waals surface area contributed by atoms with Crippen molar-refractivity contribution in [3.63, 3.8) is 0 Å². The summed E-state index contributed by atoms with van der Waals surface area (Å²) in [4.78, 5) is 53.5. The average molecular weight is 545 g/mol. The summed E-state index contributed by atoms with van der Waals surface area (Å²) in [6, 6.07) is 7.84. The molecule has 0 heterocycles. The second kappa shape index (κ2) is 9.33. The molecule has 1 aromatic rings. The molecule has 4 rings (SSSR count). The first-order valence-electron chi connectivity index (χ1n) is 13.0. The second-order valence-corrected chi connectivity index (χ2v) is 11.9. The van der Waals surface area contributed by atoms with Gasteiger partial charge in [0.25, 0.3) is 0 Å². The maximum atomic E-state index is 14.2. The Morgan fingerprint density at radius 3 is 2.15 bits per heavy atom. The molecule has 2 bridgehead atoms. The van der Waals surface area contributed by atoms with Crippen molar-refractivity contribution in [2.75, 3.05) is 0 Å². The van der Waals surface area contributed by atoms with Crippen molar-refractivity contribution in [1.29, 1.82) is 0 Å². The van der Waals surface area contributed by atoms with Crippen molar-refractivity contribution in [3.8, 4) is 0 Å². The van der Waals surface area contributed by atoms with Gasteiger partial charge in [0.05, 0.1) is 29.1 Å². The number of hydrogen-bond acceptors (Lipinski definition) is 10. The SMILES string of the molecule is CC(=O)O[C@@]1(C)C(=O)C[C@H](O)[C@@]2(C)C(=O)[C@H](O)C3=C(C)[C@@H](O)C[C@@](O)([C@@H](OC(=O)c4ccccc4)[C@@H]21)C3(C)C. The minimum atomic E-state index is -2.20. The van der Waals surface area contributed by atoms with Gasteiger partial charge in [-0.15, -0.1) is 0 Å². The first-order valence-corrected chi connectivity index (χ1v) is 13.0. The van der Waals surface area contributed by atoms with Crippen molar-refractivity contribution >= 4 is 23.5 Å². The van der Waals surface area contributed by atoms with E-state index in [9.17, 15) is 39.6 Å². The number of Topliss-reactive ketones (excluding diaryl/α,β-unsaturated/α-hetero) is 2. The Bertz CT molecular complexity index is 1250. The van der Waals surface area contributed by atoms with Gasteiger partial charge in [0, 0.05) is 25.2 Å². The van der Waals surface area contributed by atoms with E-state index in [2.05, 4.69) is 0 Å². The van der Waals surface area contributed by atoms with E-state index in [1.54, 1.807) is 32.0 Å². The topological polar surface area (TPSA) is 168 Å². The third-order valence-electron chi connectivity index (χ3n) is 9.47. The third kappa shape index (κ3) is 3.99. The van der Waals surface area contributed by atoms with Crippen LogP contribution < -0.4 is 0 Å². The number of esters is 2.